The minimum Gasteiger partial charge on any atom is -0.466 e. The highest BCUT2D eigenvalue weighted by Gasteiger charge is 2.39. The van der Waals surface area contributed by atoms with E-state index in [1.165, 1.54) is 15.9 Å². The largest absolute Gasteiger partial charge is 0.466 e. The predicted molar refractivity (Wildman–Crippen MR) is 112 cm³/mol. The number of benzene rings is 1. The minimum absolute atomic E-state index is 0.0792. The Balaban J connectivity index is 2.07. The van der Waals surface area contributed by atoms with E-state index in [1.807, 2.05) is 6.07 Å². The van der Waals surface area contributed by atoms with Crippen LogP contribution in [0.25, 0.3) is 15.4 Å². The third-order valence-electron chi connectivity index (χ3n) is 4.03. The van der Waals surface area contributed by atoms with Crippen LogP contribution in [-0.2, 0) is 32.9 Å². The van der Waals surface area contributed by atoms with Gasteiger partial charge in [-0.05, 0) is 52.7 Å². The van der Waals surface area contributed by atoms with Crippen LogP contribution in [0.5, 0.6) is 0 Å². The lowest BCUT2D eigenvalue weighted by Crippen LogP contribution is -2.12. The molecule has 2 heterocycles. The third-order valence-corrected chi connectivity index (χ3v) is 6.80. The fraction of sp³-hybridized carbons (Fsp3) is 0.263. The number of carbonyl (C=O) groups excluding carboxylic acids is 1. The van der Waals surface area contributed by atoms with Gasteiger partial charge < -0.3 is 4.74 Å². The van der Waals surface area contributed by atoms with Gasteiger partial charge in [-0.15, -0.1) is 11.3 Å². The summed E-state index contributed by atoms with van der Waals surface area (Å²) in [5.41, 5.74) is -0.321. The van der Waals surface area contributed by atoms with E-state index in [1.54, 1.807) is 43.5 Å². The highest BCUT2D eigenvalue weighted by atomic mass is 79.9. The van der Waals surface area contributed by atoms with Crippen molar-refractivity contribution in [1.29, 1.82) is 0 Å². The first-order valence-electron chi connectivity index (χ1n) is 8.65. The van der Waals surface area contributed by atoms with Crippen molar-refractivity contribution in [2.45, 2.75) is 24.4 Å². The van der Waals surface area contributed by atoms with Gasteiger partial charge in [-0.1, -0.05) is 12.1 Å². The van der Waals surface area contributed by atoms with E-state index in [0.717, 1.165) is 10.4 Å². The molecule has 0 N–H and O–H groups in total. The maximum Gasteiger partial charge on any atom is 0.436 e. The summed E-state index contributed by atoms with van der Waals surface area (Å²) in [6.07, 6.45) is -3.52. The quantitative estimate of drug-likeness (QED) is 0.417. The first-order chi connectivity index (χ1) is 14.1. The molecule has 160 valence electrons. The lowest BCUT2D eigenvalue weighted by Gasteiger charge is -2.07. The topological polar surface area (TPSA) is 61.2 Å². The molecule has 3 rings (SSSR count). The van der Waals surface area contributed by atoms with Crippen molar-refractivity contribution in [3.8, 4) is 15.4 Å². The van der Waals surface area contributed by atoms with Crippen molar-refractivity contribution >= 4 is 44.0 Å². The monoisotopic (exact) mass is 520 g/mol. The molecule has 2 aromatic heterocycles. The first kappa shape index (κ1) is 22.7. The summed E-state index contributed by atoms with van der Waals surface area (Å²) in [4.78, 5) is 17.0. The van der Waals surface area contributed by atoms with Gasteiger partial charge in [0.05, 0.1) is 6.61 Å². The van der Waals surface area contributed by atoms with Gasteiger partial charge in [0.2, 0.25) is 0 Å². The summed E-state index contributed by atoms with van der Waals surface area (Å²) in [6, 6.07) is 10.5. The Labute approximate surface area is 185 Å². The van der Waals surface area contributed by atoms with Crippen LogP contribution in [0.15, 0.2) is 45.9 Å². The molecule has 30 heavy (non-hydrogen) atoms. The molecule has 0 radical (unpaired) electrons. The molecule has 1 unspecified atom stereocenters. The number of ether oxygens (including phenoxy) is 1. The number of aromatic nitrogens is 2. The second-order valence-electron chi connectivity index (χ2n) is 6.10. The summed E-state index contributed by atoms with van der Waals surface area (Å²) in [5.74, 6) is -0.746. The number of carbonyl (C=O) groups is 1. The van der Waals surface area contributed by atoms with Gasteiger partial charge >= 0.3 is 12.1 Å². The predicted octanol–water partition coefficient (Wildman–Crippen LogP) is 5.23. The molecular weight excluding hydrogens is 505 g/mol. The molecule has 1 aromatic carbocycles. The van der Waals surface area contributed by atoms with Crippen LogP contribution in [0, 0.1) is 0 Å². The van der Waals surface area contributed by atoms with E-state index >= 15 is 0 Å². The zero-order valence-electron chi connectivity index (χ0n) is 15.8. The van der Waals surface area contributed by atoms with Gasteiger partial charge in [0.1, 0.15) is 21.8 Å². The molecule has 11 heteroatoms. The Kier molecular flexibility index (Phi) is 6.83. The van der Waals surface area contributed by atoms with Gasteiger partial charge in [-0.2, -0.15) is 13.2 Å². The lowest BCUT2D eigenvalue weighted by molar-refractivity contribution is -0.143. The van der Waals surface area contributed by atoms with Crippen molar-refractivity contribution < 1.29 is 26.9 Å². The smallest absolute Gasteiger partial charge is 0.436 e. The van der Waals surface area contributed by atoms with Crippen molar-refractivity contribution in [3.05, 3.63) is 52.5 Å². The second-order valence-corrected chi connectivity index (χ2v) is 9.30. The molecule has 0 fully saturated rings. The number of hydrogen-bond acceptors (Lipinski definition) is 5. The first-order valence-corrected chi connectivity index (χ1v) is 11.8. The lowest BCUT2D eigenvalue weighted by atomic mass is 10.2. The van der Waals surface area contributed by atoms with Crippen molar-refractivity contribution in [2.75, 3.05) is 12.9 Å². The Morgan fingerprint density at radius 1 is 1.30 bits per heavy atom. The highest BCUT2D eigenvalue weighted by Crippen LogP contribution is 2.39. The average Bonchev–Trinajstić information content (AvgIpc) is 3.26. The van der Waals surface area contributed by atoms with Crippen LogP contribution < -0.4 is 0 Å². The number of rotatable bonds is 6. The molecule has 0 spiro atoms. The molecule has 3 aromatic rings. The average molecular weight is 521 g/mol. The summed E-state index contributed by atoms with van der Waals surface area (Å²) in [5, 5.41) is 0.446. The van der Waals surface area contributed by atoms with Crippen LogP contribution in [0.3, 0.4) is 0 Å². The fourth-order valence-corrected chi connectivity index (χ4v) is 5.16. The van der Waals surface area contributed by atoms with Crippen molar-refractivity contribution in [2.24, 2.45) is 0 Å². The van der Waals surface area contributed by atoms with E-state index in [9.17, 15) is 22.2 Å². The number of halogens is 4. The normalized spacial score (nSPS) is 12.7. The third kappa shape index (κ3) is 4.84. The molecule has 1 atom stereocenters. The SMILES string of the molecule is CCOC(=O)Cc1nc(C(F)(F)F)c(Br)n1-c1ccc(-c2cccc(S(C)=O)c2)s1. The Bertz CT molecular complexity index is 1110. The van der Waals surface area contributed by atoms with Crippen molar-refractivity contribution in [1.82, 2.24) is 9.55 Å². The van der Waals surface area contributed by atoms with Crippen LogP contribution in [-0.4, -0.2) is 32.6 Å². The minimum atomic E-state index is -4.69. The van der Waals surface area contributed by atoms with Gasteiger partial charge in [-0.3, -0.25) is 13.6 Å². The Hall–Kier alpha value is -1.98. The molecule has 0 aliphatic heterocycles. The summed E-state index contributed by atoms with van der Waals surface area (Å²) in [7, 11) is -1.16. The number of imidazole rings is 1. The molecule has 0 saturated heterocycles. The van der Waals surface area contributed by atoms with E-state index < -0.39 is 35.1 Å². The highest BCUT2D eigenvalue weighted by molar-refractivity contribution is 9.10. The maximum atomic E-state index is 13.4. The van der Waals surface area contributed by atoms with E-state index in [0.29, 0.717) is 9.90 Å². The molecular formula is C19H16BrF3N2O3S2. The number of nitrogens with zero attached hydrogens (tertiary/aromatic N) is 2. The molecule has 0 bridgehead atoms. The summed E-state index contributed by atoms with van der Waals surface area (Å²) in [6.45, 7) is 1.73. The van der Waals surface area contributed by atoms with Crippen LogP contribution in [0.1, 0.15) is 18.4 Å². The number of hydrogen-bond donors (Lipinski definition) is 0. The molecule has 0 saturated carbocycles. The zero-order valence-corrected chi connectivity index (χ0v) is 19.0. The molecule has 0 aliphatic carbocycles. The summed E-state index contributed by atoms with van der Waals surface area (Å²) < 4.78 is 57.7. The fourth-order valence-electron chi connectivity index (χ4n) is 2.74. The van der Waals surface area contributed by atoms with Crippen LogP contribution in [0.2, 0.25) is 0 Å². The number of alkyl halides is 3. The van der Waals surface area contributed by atoms with Gasteiger partial charge in [0, 0.05) is 26.8 Å². The van der Waals surface area contributed by atoms with Gasteiger partial charge in [-0.25, -0.2) is 4.98 Å². The zero-order chi connectivity index (χ0) is 22.1. The second kappa shape index (κ2) is 9.03. The standard InChI is InChI=1S/C19H16BrF3N2O3S2/c1-3-28-16(26)10-14-24-17(19(21,22)23)18(20)25(14)15-8-7-13(29-15)11-5-4-6-12(9-11)30(2)27/h4-9H,3,10H2,1-2H3. The Morgan fingerprint density at radius 3 is 2.67 bits per heavy atom. The van der Waals surface area contributed by atoms with Gasteiger partial charge in [0.25, 0.3) is 0 Å². The Morgan fingerprint density at radius 2 is 2.03 bits per heavy atom. The van der Waals surface area contributed by atoms with Crippen molar-refractivity contribution in [3.63, 3.8) is 0 Å². The van der Waals surface area contributed by atoms with Gasteiger partial charge in [0.15, 0.2) is 5.69 Å². The maximum absolute atomic E-state index is 13.4. The van der Waals surface area contributed by atoms with Crippen LogP contribution in [0.4, 0.5) is 13.2 Å². The van der Waals surface area contributed by atoms with E-state index in [2.05, 4.69) is 20.9 Å². The van der Waals surface area contributed by atoms with Crippen LogP contribution >= 0.6 is 27.3 Å². The molecule has 5 nitrogen and oxygen atoms in total. The van der Waals surface area contributed by atoms with E-state index in [-0.39, 0.29) is 17.0 Å². The van der Waals surface area contributed by atoms with E-state index in [4.69, 9.17) is 4.74 Å². The summed E-state index contributed by atoms with van der Waals surface area (Å²) >= 11 is 4.22. The number of thiophene rings is 1. The number of esters is 1. The molecule has 0 aliphatic rings. The molecule has 0 amide bonds.